The van der Waals surface area contributed by atoms with Crippen LogP contribution in [0.25, 0.3) is 0 Å². The zero-order chi connectivity index (χ0) is 13.3. The van der Waals surface area contributed by atoms with Crippen LogP contribution >= 0.6 is 23.1 Å². The minimum Gasteiger partial charge on any atom is -0.307 e. The van der Waals surface area contributed by atoms with Gasteiger partial charge in [0.2, 0.25) is 0 Å². The summed E-state index contributed by atoms with van der Waals surface area (Å²) < 4.78 is 0. The number of thioether (sulfide) groups is 1. The van der Waals surface area contributed by atoms with E-state index in [4.69, 9.17) is 0 Å². The monoisotopic (exact) mass is 307 g/mol. The molecule has 0 amide bonds. The van der Waals surface area contributed by atoms with Crippen LogP contribution < -0.4 is 4.87 Å². The van der Waals surface area contributed by atoms with Gasteiger partial charge in [-0.05, 0) is 49.9 Å². The average Bonchev–Trinajstić information content (AvgIpc) is 3.14. The molecular weight excluding hydrogens is 286 g/mol. The Labute approximate surface area is 127 Å². The van der Waals surface area contributed by atoms with Crippen LogP contribution in [0.5, 0.6) is 0 Å². The lowest BCUT2D eigenvalue weighted by Gasteiger charge is -2.51. The fourth-order valence-corrected chi connectivity index (χ4v) is 9.09. The van der Waals surface area contributed by atoms with Crippen LogP contribution in [0.1, 0.15) is 56.2 Å². The standard InChI is InChI=1S/C16H21NOS2/c18-15-17-14-13(20-15)16(6-2-1-3-7-16)11-9-4-5-10(8-9)12(11)19-14/h9-12H,1-8H2,(H,17,18). The normalized spacial score (nSPS) is 40.8. The summed E-state index contributed by atoms with van der Waals surface area (Å²) in [7, 11) is 0. The number of H-pyrrole nitrogens is 1. The minimum atomic E-state index is 0.180. The molecule has 4 aliphatic rings. The molecule has 20 heavy (non-hydrogen) atoms. The van der Waals surface area contributed by atoms with Crippen LogP contribution in [0.2, 0.25) is 0 Å². The summed E-state index contributed by atoms with van der Waals surface area (Å²) in [5.74, 6) is 2.77. The van der Waals surface area contributed by atoms with Crippen LogP contribution in [-0.4, -0.2) is 10.2 Å². The fraction of sp³-hybridized carbons (Fsp3) is 0.812. The highest BCUT2D eigenvalue weighted by Gasteiger charge is 2.60. The highest BCUT2D eigenvalue weighted by atomic mass is 32.2. The van der Waals surface area contributed by atoms with Crippen molar-refractivity contribution in [1.82, 2.24) is 4.98 Å². The smallest absolute Gasteiger partial charge is 0.305 e. The molecule has 2 nitrogen and oxygen atoms in total. The van der Waals surface area contributed by atoms with Gasteiger partial charge in [-0.25, -0.2) is 0 Å². The lowest BCUT2D eigenvalue weighted by Crippen LogP contribution is -2.47. The number of rotatable bonds is 0. The van der Waals surface area contributed by atoms with E-state index in [1.54, 1.807) is 0 Å². The Hall–Kier alpha value is -0.220. The van der Waals surface area contributed by atoms with Crippen LogP contribution in [0.15, 0.2) is 9.82 Å². The first kappa shape index (κ1) is 12.3. The molecule has 1 aliphatic heterocycles. The minimum absolute atomic E-state index is 0.180. The van der Waals surface area contributed by atoms with Crippen molar-refractivity contribution in [3.63, 3.8) is 0 Å². The van der Waals surface area contributed by atoms with Gasteiger partial charge in [-0.2, -0.15) is 0 Å². The molecule has 1 aromatic rings. The maximum absolute atomic E-state index is 11.9. The van der Waals surface area contributed by atoms with E-state index >= 15 is 0 Å². The first-order valence-corrected chi connectivity index (χ1v) is 9.88. The van der Waals surface area contributed by atoms with Gasteiger partial charge in [0.1, 0.15) is 0 Å². The third-order valence-electron chi connectivity index (χ3n) is 6.55. The van der Waals surface area contributed by atoms with E-state index in [0.717, 1.165) is 23.0 Å². The molecule has 0 aromatic carbocycles. The second-order valence-electron chi connectivity index (χ2n) is 7.33. The predicted molar refractivity (Wildman–Crippen MR) is 83.7 cm³/mol. The summed E-state index contributed by atoms with van der Waals surface area (Å²) in [6.07, 6.45) is 11.2. The second kappa shape index (κ2) is 4.16. The van der Waals surface area contributed by atoms with E-state index in [0.29, 0.717) is 5.41 Å². The molecule has 108 valence electrons. The molecule has 4 atom stereocenters. The topological polar surface area (TPSA) is 32.9 Å². The quantitative estimate of drug-likeness (QED) is 0.780. The number of nitrogens with one attached hydrogen (secondary N) is 1. The molecule has 3 aliphatic carbocycles. The van der Waals surface area contributed by atoms with Gasteiger partial charge in [0, 0.05) is 15.5 Å². The molecule has 0 radical (unpaired) electrons. The molecule has 4 heteroatoms. The lowest BCUT2D eigenvalue weighted by molar-refractivity contribution is 0.135. The van der Waals surface area contributed by atoms with Crippen molar-refractivity contribution < 1.29 is 0 Å². The van der Waals surface area contributed by atoms with Crippen molar-refractivity contribution in [2.45, 2.75) is 67.1 Å². The SMILES string of the molecule is O=c1[nH]c2c(s1)C1(CCCCC1)C1C3CCC(C3)C1S2. The summed E-state index contributed by atoms with van der Waals surface area (Å²) in [4.78, 5) is 16.7. The number of thiazole rings is 1. The van der Waals surface area contributed by atoms with Gasteiger partial charge < -0.3 is 4.98 Å². The summed E-state index contributed by atoms with van der Waals surface area (Å²) in [5.41, 5.74) is 0.382. The Morgan fingerprint density at radius 2 is 1.90 bits per heavy atom. The Morgan fingerprint density at radius 1 is 1.10 bits per heavy atom. The van der Waals surface area contributed by atoms with E-state index in [1.165, 1.54) is 72.6 Å². The van der Waals surface area contributed by atoms with Crippen molar-refractivity contribution in [1.29, 1.82) is 0 Å². The third-order valence-corrected chi connectivity index (χ3v) is 9.27. The molecule has 2 heterocycles. The zero-order valence-electron chi connectivity index (χ0n) is 11.7. The number of fused-ring (bicyclic) bond motifs is 8. The maximum Gasteiger partial charge on any atom is 0.305 e. The van der Waals surface area contributed by atoms with Crippen molar-refractivity contribution >= 4 is 23.1 Å². The van der Waals surface area contributed by atoms with E-state index in [-0.39, 0.29) is 4.87 Å². The Balaban J connectivity index is 1.70. The van der Waals surface area contributed by atoms with Crippen LogP contribution in [0, 0.1) is 17.8 Å². The highest BCUT2D eigenvalue weighted by Crippen LogP contribution is 2.67. The van der Waals surface area contributed by atoms with Gasteiger partial charge >= 0.3 is 4.87 Å². The van der Waals surface area contributed by atoms with Crippen molar-refractivity contribution in [3.05, 3.63) is 14.5 Å². The van der Waals surface area contributed by atoms with Gasteiger partial charge in [0.15, 0.2) is 0 Å². The second-order valence-corrected chi connectivity index (χ2v) is 9.50. The Morgan fingerprint density at radius 3 is 2.75 bits per heavy atom. The molecule has 4 unspecified atom stereocenters. The summed E-state index contributed by atoms with van der Waals surface area (Å²) >= 11 is 3.57. The summed E-state index contributed by atoms with van der Waals surface area (Å²) in [5, 5.41) is 2.07. The first-order chi connectivity index (χ1) is 9.78. The molecule has 1 spiro atoms. The van der Waals surface area contributed by atoms with Crippen molar-refractivity contribution in [3.8, 4) is 0 Å². The van der Waals surface area contributed by atoms with E-state index in [9.17, 15) is 4.79 Å². The molecule has 1 N–H and O–H groups in total. The zero-order valence-corrected chi connectivity index (χ0v) is 13.3. The Kier molecular flexibility index (Phi) is 2.57. The van der Waals surface area contributed by atoms with Gasteiger partial charge in [-0.3, -0.25) is 4.79 Å². The van der Waals surface area contributed by atoms with Gasteiger partial charge in [-0.1, -0.05) is 30.6 Å². The first-order valence-electron chi connectivity index (χ1n) is 8.18. The number of hydrogen-bond acceptors (Lipinski definition) is 3. The van der Waals surface area contributed by atoms with Gasteiger partial charge in [0.25, 0.3) is 0 Å². The summed E-state index contributed by atoms with van der Waals surface area (Å²) in [6, 6.07) is 0. The van der Waals surface area contributed by atoms with Gasteiger partial charge in [0.05, 0.1) is 5.03 Å². The van der Waals surface area contributed by atoms with E-state index in [1.807, 2.05) is 11.8 Å². The number of aromatic amines is 1. The number of hydrogen-bond donors (Lipinski definition) is 1. The van der Waals surface area contributed by atoms with E-state index < -0.39 is 0 Å². The largest absolute Gasteiger partial charge is 0.307 e. The van der Waals surface area contributed by atoms with E-state index in [2.05, 4.69) is 4.98 Å². The molecule has 0 saturated heterocycles. The van der Waals surface area contributed by atoms with Crippen molar-refractivity contribution in [2.75, 3.05) is 0 Å². The van der Waals surface area contributed by atoms with Crippen molar-refractivity contribution in [2.24, 2.45) is 17.8 Å². The van der Waals surface area contributed by atoms with Crippen LogP contribution in [-0.2, 0) is 5.41 Å². The molecular formula is C16H21NOS2. The van der Waals surface area contributed by atoms with Crippen LogP contribution in [0.3, 0.4) is 0 Å². The molecule has 5 rings (SSSR count). The molecule has 1 aromatic heterocycles. The van der Waals surface area contributed by atoms with Crippen LogP contribution in [0.4, 0.5) is 0 Å². The van der Waals surface area contributed by atoms with Gasteiger partial charge in [-0.15, -0.1) is 11.8 Å². The molecule has 2 bridgehead atoms. The molecule has 3 fully saturated rings. The third kappa shape index (κ3) is 1.45. The Bertz CT molecular complexity index is 598. The molecule has 3 saturated carbocycles. The maximum atomic E-state index is 11.9. The highest BCUT2D eigenvalue weighted by molar-refractivity contribution is 8.00. The lowest BCUT2D eigenvalue weighted by atomic mass is 9.60. The average molecular weight is 307 g/mol. The summed E-state index contributed by atoms with van der Waals surface area (Å²) in [6.45, 7) is 0. The predicted octanol–water partition coefficient (Wildman–Crippen LogP) is 4.16. The number of aromatic nitrogens is 1. The fourth-order valence-electron chi connectivity index (χ4n) is 5.93.